The van der Waals surface area contributed by atoms with Crippen LogP contribution in [0.2, 0.25) is 5.02 Å². The molecule has 3 N–H and O–H groups in total. The third-order valence-electron chi connectivity index (χ3n) is 4.83. The number of hydrogen-bond acceptors (Lipinski definition) is 2. The van der Waals surface area contributed by atoms with Crippen LogP contribution in [0.4, 0.5) is 4.79 Å². The molecule has 3 rings (SSSR count). The van der Waals surface area contributed by atoms with Crippen LogP contribution in [0.5, 0.6) is 0 Å². The topological polar surface area (TPSA) is 61.4 Å². The van der Waals surface area contributed by atoms with Crippen LogP contribution in [0.1, 0.15) is 49.3 Å². The van der Waals surface area contributed by atoms with Crippen LogP contribution in [0.25, 0.3) is 0 Å². The number of benzene rings is 1. The zero-order chi connectivity index (χ0) is 15.5. The van der Waals surface area contributed by atoms with E-state index < -0.39 is 0 Å². The SMILES string of the molecule is O=C(NCC1CCCC(O)C1)NC1CCc2c(Cl)cccc21. The van der Waals surface area contributed by atoms with E-state index in [0.29, 0.717) is 12.5 Å². The van der Waals surface area contributed by atoms with Gasteiger partial charge < -0.3 is 15.7 Å². The van der Waals surface area contributed by atoms with E-state index in [0.717, 1.165) is 54.7 Å². The van der Waals surface area contributed by atoms with Crippen LogP contribution in [0.15, 0.2) is 18.2 Å². The minimum atomic E-state index is -0.201. The fraction of sp³-hybridized carbons (Fsp3) is 0.588. The van der Waals surface area contributed by atoms with Crippen molar-refractivity contribution >= 4 is 17.6 Å². The van der Waals surface area contributed by atoms with Crippen molar-refractivity contribution in [3.05, 3.63) is 34.3 Å². The van der Waals surface area contributed by atoms with E-state index in [1.807, 2.05) is 18.2 Å². The van der Waals surface area contributed by atoms with Crippen molar-refractivity contribution in [3.63, 3.8) is 0 Å². The molecule has 2 amide bonds. The van der Waals surface area contributed by atoms with E-state index in [1.54, 1.807) is 0 Å². The summed E-state index contributed by atoms with van der Waals surface area (Å²) in [5, 5.41) is 16.5. The minimum absolute atomic E-state index is 0.0469. The number of rotatable bonds is 3. The van der Waals surface area contributed by atoms with Crippen LogP contribution in [-0.2, 0) is 6.42 Å². The molecule has 0 spiro atoms. The molecule has 2 aliphatic carbocycles. The number of carbonyl (C=O) groups is 1. The maximum atomic E-state index is 12.1. The molecule has 1 saturated carbocycles. The molecule has 0 bridgehead atoms. The number of carbonyl (C=O) groups excluding carboxylic acids is 1. The lowest BCUT2D eigenvalue weighted by atomic mass is 9.87. The van der Waals surface area contributed by atoms with E-state index >= 15 is 0 Å². The van der Waals surface area contributed by atoms with Gasteiger partial charge >= 0.3 is 6.03 Å². The average Bonchev–Trinajstić information content (AvgIpc) is 2.90. The summed E-state index contributed by atoms with van der Waals surface area (Å²) in [5.41, 5.74) is 2.29. The van der Waals surface area contributed by atoms with Crippen molar-refractivity contribution in [1.82, 2.24) is 10.6 Å². The Morgan fingerprint density at radius 3 is 3.00 bits per heavy atom. The summed E-state index contributed by atoms with van der Waals surface area (Å²) >= 11 is 6.20. The Morgan fingerprint density at radius 1 is 1.32 bits per heavy atom. The Bertz CT molecular complexity index is 549. The van der Waals surface area contributed by atoms with Gasteiger partial charge in [0.1, 0.15) is 0 Å². The number of urea groups is 1. The summed E-state index contributed by atoms with van der Waals surface area (Å²) in [6.45, 7) is 0.637. The number of amides is 2. The molecule has 1 fully saturated rings. The first-order valence-corrected chi connectivity index (χ1v) is 8.51. The molecule has 0 saturated heterocycles. The standard InChI is InChI=1S/C17H23ClN2O2/c18-15-6-2-5-14-13(15)7-8-16(14)20-17(22)19-10-11-3-1-4-12(21)9-11/h2,5-6,11-12,16,21H,1,3-4,7-10H2,(H2,19,20,22). The normalized spacial score (nSPS) is 27.3. The molecule has 2 aliphatic rings. The highest BCUT2D eigenvalue weighted by atomic mass is 35.5. The second-order valence-corrected chi connectivity index (χ2v) is 6.85. The summed E-state index contributed by atoms with van der Waals surface area (Å²) in [7, 11) is 0. The van der Waals surface area contributed by atoms with Gasteiger partial charge in [-0.3, -0.25) is 0 Å². The fourth-order valence-electron chi connectivity index (χ4n) is 3.65. The third kappa shape index (κ3) is 3.55. The Kier molecular flexibility index (Phi) is 4.89. The van der Waals surface area contributed by atoms with Gasteiger partial charge in [-0.1, -0.05) is 30.2 Å². The van der Waals surface area contributed by atoms with Crippen LogP contribution < -0.4 is 10.6 Å². The van der Waals surface area contributed by atoms with Crippen LogP contribution >= 0.6 is 11.6 Å². The summed E-state index contributed by atoms with van der Waals surface area (Å²) < 4.78 is 0. The summed E-state index contributed by atoms with van der Waals surface area (Å²) in [6, 6.07) is 5.79. The molecule has 3 atom stereocenters. The van der Waals surface area contributed by atoms with Crippen molar-refractivity contribution in [2.45, 2.75) is 50.7 Å². The lowest BCUT2D eigenvalue weighted by Gasteiger charge is -2.26. The van der Waals surface area contributed by atoms with Gasteiger partial charge in [-0.2, -0.15) is 0 Å². The molecule has 0 heterocycles. The number of fused-ring (bicyclic) bond motifs is 1. The quantitative estimate of drug-likeness (QED) is 0.800. The molecule has 3 unspecified atom stereocenters. The predicted octanol–water partition coefficient (Wildman–Crippen LogP) is 3.18. The van der Waals surface area contributed by atoms with E-state index in [2.05, 4.69) is 10.6 Å². The van der Waals surface area contributed by atoms with E-state index in [1.165, 1.54) is 0 Å². The number of aliphatic hydroxyl groups excluding tert-OH is 1. The highest BCUT2D eigenvalue weighted by Crippen LogP contribution is 2.35. The van der Waals surface area contributed by atoms with Crippen molar-refractivity contribution in [2.24, 2.45) is 5.92 Å². The summed E-state index contributed by atoms with van der Waals surface area (Å²) in [5.74, 6) is 0.389. The Morgan fingerprint density at radius 2 is 2.18 bits per heavy atom. The van der Waals surface area contributed by atoms with Gasteiger partial charge in [-0.15, -0.1) is 0 Å². The Hall–Kier alpha value is -1.26. The predicted molar refractivity (Wildman–Crippen MR) is 87.0 cm³/mol. The van der Waals surface area contributed by atoms with Gasteiger partial charge in [0.15, 0.2) is 0 Å². The highest BCUT2D eigenvalue weighted by molar-refractivity contribution is 6.31. The van der Waals surface area contributed by atoms with Gasteiger partial charge in [0, 0.05) is 11.6 Å². The Labute approximate surface area is 136 Å². The number of aliphatic hydroxyl groups is 1. The fourth-order valence-corrected chi connectivity index (χ4v) is 3.93. The van der Waals surface area contributed by atoms with Gasteiger partial charge in [0.2, 0.25) is 0 Å². The van der Waals surface area contributed by atoms with Gasteiger partial charge in [-0.25, -0.2) is 4.79 Å². The largest absolute Gasteiger partial charge is 0.393 e. The number of hydrogen-bond donors (Lipinski definition) is 3. The molecule has 0 aliphatic heterocycles. The van der Waals surface area contributed by atoms with Crippen LogP contribution in [-0.4, -0.2) is 23.8 Å². The maximum absolute atomic E-state index is 12.1. The van der Waals surface area contributed by atoms with E-state index in [-0.39, 0.29) is 18.2 Å². The van der Waals surface area contributed by atoms with Crippen LogP contribution in [0.3, 0.4) is 0 Å². The summed E-state index contributed by atoms with van der Waals surface area (Å²) in [6.07, 6.45) is 5.42. The summed E-state index contributed by atoms with van der Waals surface area (Å²) in [4.78, 5) is 12.1. The molecule has 0 radical (unpaired) electrons. The minimum Gasteiger partial charge on any atom is -0.393 e. The number of halogens is 1. The highest BCUT2D eigenvalue weighted by Gasteiger charge is 2.26. The molecule has 4 nitrogen and oxygen atoms in total. The second-order valence-electron chi connectivity index (χ2n) is 6.44. The van der Waals surface area contributed by atoms with Gasteiger partial charge in [-0.05, 0) is 55.2 Å². The van der Waals surface area contributed by atoms with Crippen LogP contribution in [0, 0.1) is 5.92 Å². The van der Waals surface area contributed by atoms with E-state index in [9.17, 15) is 9.90 Å². The molecule has 0 aromatic heterocycles. The monoisotopic (exact) mass is 322 g/mol. The smallest absolute Gasteiger partial charge is 0.315 e. The third-order valence-corrected chi connectivity index (χ3v) is 5.18. The Balaban J connectivity index is 1.50. The molecular formula is C17H23ClN2O2. The van der Waals surface area contributed by atoms with E-state index in [4.69, 9.17) is 11.6 Å². The lowest BCUT2D eigenvalue weighted by Crippen LogP contribution is -2.40. The average molecular weight is 323 g/mol. The first-order chi connectivity index (χ1) is 10.6. The first-order valence-electron chi connectivity index (χ1n) is 8.13. The molecule has 5 heteroatoms. The van der Waals surface area contributed by atoms with Gasteiger partial charge in [0.25, 0.3) is 0 Å². The molecule has 22 heavy (non-hydrogen) atoms. The molecule has 1 aromatic rings. The molecular weight excluding hydrogens is 300 g/mol. The first kappa shape index (κ1) is 15.6. The number of nitrogens with one attached hydrogen (secondary N) is 2. The van der Waals surface area contributed by atoms with Crippen molar-refractivity contribution in [1.29, 1.82) is 0 Å². The molecule has 120 valence electrons. The maximum Gasteiger partial charge on any atom is 0.315 e. The lowest BCUT2D eigenvalue weighted by molar-refractivity contribution is 0.101. The van der Waals surface area contributed by atoms with Crippen molar-refractivity contribution in [2.75, 3.05) is 6.54 Å². The zero-order valence-electron chi connectivity index (χ0n) is 12.6. The molecule has 1 aromatic carbocycles. The van der Waals surface area contributed by atoms with Gasteiger partial charge in [0.05, 0.1) is 12.1 Å². The zero-order valence-corrected chi connectivity index (χ0v) is 13.4. The van der Waals surface area contributed by atoms with Crippen molar-refractivity contribution in [3.8, 4) is 0 Å². The van der Waals surface area contributed by atoms with Crippen molar-refractivity contribution < 1.29 is 9.90 Å². The second kappa shape index (κ2) is 6.88.